The molecule has 0 spiro atoms. The first-order chi connectivity index (χ1) is 12.6. The van der Waals surface area contributed by atoms with Gasteiger partial charge < -0.3 is 14.8 Å². The molecule has 0 aliphatic heterocycles. The van der Waals surface area contributed by atoms with Gasteiger partial charge in [0.2, 0.25) is 0 Å². The summed E-state index contributed by atoms with van der Waals surface area (Å²) >= 11 is 0. The Hall–Kier alpha value is -3.34. The number of hydrogen-bond acceptors (Lipinski definition) is 4. The molecule has 0 aliphatic rings. The molecule has 0 aromatic heterocycles. The van der Waals surface area contributed by atoms with Gasteiger partial charge in [-0.15, -0.1) is 0 Å². The van der Waals surface area contributed by atoms with Gasteiger partial charge in [0.05, 0.1) is 0 Å². The van der Waals surface area contributed by atoms with Crippen molar-refractivity contribution in [3.8, 4) is 11.5 Å². The molecule has 134 valence electrons. The first kappa shape index (κ1) is 19.0. The average Bonchev–Trinajstić information content (AvgIpc) is 2.64. The fourth-order valence-electron chi connectivity index (χ4n) is 1.99. The molecule has 1 amide bonds. The molecule has 2 aromatic carbocycles. The lowest BCUT2D eigenvalue weighted by Gasteiger charge is -2.13. The summed E-state index contributed by atoms with van der Waals surface area (Å²) in [5.41, 5.74) is 0.586. The molecule has 26 heavy (non-hydrogen) atoms. The zero-order valence-electron chi connectivity index (χ0n) is 14.7. The SMILES string of the molecule is CC=CC=CC(=O)OC(C)C(=O)Nc1ccc(Oc2ccccc2)cc1. The fraction of sp³-hybridized carbons (Fsp3) is 0.143. The van der Waals surface area contributed by atoms with E-state index in [4.69, 9.17) is 9.47 Å². The van der Waals surface area contributed by atoms with E-state index in [2.05, 4.69) is 5.32 Å². The Morgan fingerprint density at radius 2 is 1.62 bits per heavy atom. The lowest BCUT2D eigenvalue weighted by Crippen LogP contribution is -2.29. The van der Waals surface area contributed by atoms with Crippen molar-refractivity contribution in [2.45, 2.75) is 20.0 Å². The van der Waals surface area contributed by atoms with Gasteiger partial charge in [-0.25, -0.2) is 4.79 Å². The number of nitrogens with one attached hydrogen (secondary N) is 1. The molecule has 5 nitrogen and oxygen atoms in total. The molecule has 0 saturated heterocycles. The van der Waals surface area contributed by atoms with Crippen LogP contribution in [0.5, 0.6) is 11.5 Å². The molecule has 0 aliphatic carbocycles. The van der Waals surface area contributed by atoms with Crippen LogP contribution in [0.4, 0.5) is 5.69 Å². The Bertz CT molecular complexity index is 779. The first-order valence-electron chi connectivity index (χ1n) is 8.22. The molecular formula is C21H21NO4. The van der Waals surface area contributed by atoms with Crippen molar-refractivity contribution >= 4 is 17.6 Å². The van der Waals surface area contributed by atoms with E-state index in [9.17, 15) is 9.59 Å². The molecule has 1 unspecified atom stereocenters. The highest BCUT2D eigenvalue weighted by atomic mass is 16.5. The van der Waals surface area contributed by atoms with Crippen molar-refractivity contribution in [3.05, 3.63) is 78.9 Å². The summed E-state index contributed by atoms with van der Waals surface area (Å²) in [4.78, 5) is 23.7. The van der Waals surface area contributed by atoms with E-state index in [1.807, 2.05) is 37.3 Å². The van der Waals surface area contributed by atoms with E-state index < -0.39 is 18.0 Å². The molecule has 1 atom stereocenters. The van der Waals surface area contributed by atoms with Crippen LogP contribution in [-0.2, 0) is 14.3 Å². The number of para-hydroxylation sites is 1. The van der Waals surface area contributed by atoms with Crippen LogP contribution < -0.4 is 10.1 Å². The van der Waals surface area contributed by atoms with Gasteiger partial charge in [0.25, 0.3) is 5.91 Å². The fourth-order valence-corrected chi connectivity index (χ4v) is 1.99. The van der Waals surface area contributed by atoms with Gasteiger partial charge in [-0.3, -0.25) is 4.79 Å². The minimum Gasteiger partial charge on any atom is -0.457 e. The second kappa shape index (κ2) is 9.84. The second-order valence-corrected chi connectivity index (χ2v) is 5.39. The van der Waals surface area contributed by atoms with E-state index >= 15 is 0 Å². The Morgan fingerprint density at radius 3 is 2.27 bits per heavy atom. The van der Waals surface area contributed by atoms with E-state index in [0.29, 0.717) is 11.4 Å². The molecule has 0 saturated carbocycles. The van der Waals surface area contributed by atoms with Crippen LogP contribution in [0.2, 0.25) is 0 Å². The van der Waals surface area contributed by atoms with Crippen LogP contribution in [-0.4, -0.2) is 18.0 Å². The zero-order chi connectivity index (χ0) is 18.8. The Kier molecular flexibility index (Phi) is 7.18. The average molecular weight is 351 g/mol. The van der Waals surface area contributed by atoms with Gasteiger partial charge in [-0.1, -0.05) is 36.4 Å². The van der Waals surface area contributed by atoms with E-state index in [1.54, 1.807) is 42.5 Å². The van der Waals surface area contributed by atoms with Crippen molar-refractivity contribution < 1.29 is 19.1 Å². The van der Waals surface area contributed by atoms with E-state index in [0.717, 1.165) is 5.75 Å². The van der Waals surface area contributed by atoms with Crippen LogP contribution in [0.15, 0.2) is 78.9 Å². The van der Waals surface area contributed by atoms with Crippen LogP contribution in [0.3, 0.4) is 0 Å². The number of esters is 1. The minimum absolute atomic E-state index is 0.408. The lowest BCUT2D eigenvalue weighted by molar-refractivity contribution is -0.148. The third-order valence-corrected chi connectivity index (χ3v) is 3.30. The quantitative estimate of drug-likeness (QED) is 0.454. The number of rotatable bonds is 7. The molecule has 0 fully saturated rings. The summed E-state index contributed by atoms with van der Waals surface area (Å²) in [7, 11) is 0. The maximum atomic E-state index is 12.1. The van der Waals surface area contributed by atoms with Crippen molar-refractivity contribution in [2.24, 2.45) is 0 Å². The highest BCUT2D eigenvalue weighted by Gasteiger charge is 2.16. The number of allylic oxidation sites excluding steroid dienone is 3. The van der Waals surface area contributed by atoms with Crippen LogP contribution in [0.1, 0.15) is 13.8 Å². The van der Waals surface area contributed by atoms with Gasteiger partial charge in [-0.2, -0.15) is 0 Å². The highest BCUT2D eigenvalue weighted by molar-refractivity contribution is 5.96. The van der Waals surface area contributed by atoms with E-state index in [1.165, 1.54) is 13.0 Å². The molecule has 0 heterocycles. The second-order valence-electron chi connectivity index (χ2n) is 5.39. The van der Waals surface area contributed by atoms with Crippen molar-refractivity contribution in [1.82, 2.24) is 0 Å². The number of carbonyl (C=O) groups is 2. The summed E-state index contributed by atoms with van der Waals surface area (Å²) < 4.78 is 10.7. The summed E-state index contributed by atoms with van der Waals surface area (Å²) in [5, 5.41) is 2.70. The van der Waals surface area contributed by atoms with Crippen molar-refractivity contribution in [3.63, 3.8) is 0 Å². The Balaban J connectivity index is 1.87. The predicted octanol–water partition coefficient (Wildman–Crippen LogP) is 4.48. The number of benzene rings is 2. The van der Waals surface area contributed by atoms with E-state index in [-0.39, 0.29) is 0 Å². The smallest absolute Gasteiger partial charge is 0.331 e. The maximum Gasteiger partial charge on any atom is 0.331 e. The van der Waals surface area contributed by atoms with Gasteiger partial charge in [-0.05, 0) is 50.2 Å². The number of anilines is 1. The standard InChI is InChI=1S/C21H21NO4/c1-3-4-6-11-20(23)25-16(2)21(24)22-17-12-14-19(15-13-17)26-18-9-7-5-8-10-18/h3-16H,1-2H3,(H,22,24). The van der Waals surface area contributed by atoms with Crippen LogP contribution in [0, 0.1) is 0 Å². The number of hydrogen-bond donors (Lipinski definition) is 1. The lowest BCUT2D eigenvalue weighted by atomic mass is 10.2. The Labute approximate surface area is 152 Å². The predicted molar refractivity (Wildman–Crippen MR) is 101 cm³/mol. The molecule has 5 heteroatoms. The largest absolute Gasteiger partial charge is 0.457 e. The molecule has 2 aromatic rings. The van der Waals surface area contributed by atoms with Gasteiger partial charge in [0.1, 0.15) is 11.5 Å². The van der Waals surface area contributed by atoms with Crippen LogP contribution >= 0.6 is 0 Å². The van der Waals surface area contributed by atoms with Gasteiger partial charge in [0.15, 0.2) is 6.10 Å². The third-order valence-electron chi connectivity index (χ3n) is 3.30. The Morgan fingerprint density at radius 1 is 0.962 bits per heavy atom. The zero-order valence-corrected chi connectivity index (χ0v) is 14.7. The number of carbonyl (C=O) groups excluding carboxylic acids is 2. The molecule has 1 N–H and O–H groups in total. The summed E-state index contributed by atoms with van der Waals surface area (Å²) in [6, 6.07) is 16.3. The first-order valence-corrected chi connectivity index (χ1v) is 8.22. The monoisotopic (exact) mass is 351 g/mol. The number of amides is 1. The molecule has 0 bridgehead atoms. The third kappa shape index (κ3) is 6.28. The van der Waals surface area contributed by atoms with Gasteiger partial charge >= 0.3 is 5.97 Å². The minimum atomic E-state index is -0.905. The maximum absolute atomic E-state index is 12.1. The molecule has 2 rings (SSSR count). The highest BCUT2D eigenvalue weighted by Crippen LogP contribution is 2.22. The summed E-state index contributed by atoms with van der Waals surface area (Å²) in [6.45, 7) is 3.35. The van der Waals surface area contributed by atoms with Crippen molar-refractivity contribution in [1.29, 1.82) is 0 Å². The topological polar surface area (TPSA) is 64.6 Å². The molecular weight excluding hydrogens is 330 g/mol. The molecule has 0 radical (unpaired) electrons. The van der Waals surface area contributed by atoms with Gasteiger partial charge in [0, 0.05) is 11.8 Å². The normalized spacial score (nSPS) is 12.1. The van der Waals surface area contributed by atoms with Crippen molar-refractivity contribution in [2.75, 3.05) is 5.32 Å². The van der Waals surface area contributed by atoms with Crippen LogP contribution in [0.25, 0.3) is 0 Å². The summed E-state index contributed by atoms with van der Waals surface area (Å²) in [6.07, 6.45) is 5.40. The summed E-state index contributed by atoms with van der Waals surface area (Å²) in [5.74, 6) is 0.408. The number of ether oxygens (including phenoxy) is 2.